The van der Waals surface area contributed by atoms with E-state index in [-0.39, 0.29) is 12.4 Å². The number of hydrogen-bond donors (Lipinski definition) is 1. The summed E-state index contributed by atoms with van der Waals surface area (Å²) in [5.41, 5.74) is 1.11. The quantitative estimate of drug-likeness (QED) is 0.515. The molecule has 26 heavy (non-hydrogen) atoms. The highest BCUT2D eigenvalue weighted by Gasteiger charge is 2.31. The van der Waals surface area contributed by atoms with Crippen LogP contribution in [0.4, 0.5) is 13.2 Å². The molecule has 0 saturated heterocycles. The van der Waals surface area contributed by atoms with Gasteiger partial charge < -0.3 is 14.6 Å². The van der Waals surface area contributed by atoms with Gasteiger partial charge in [-0.2, -0.15) is 0 Å². The summed E-state index contributed by atoms with van der Waals surface area (Å²) < 4.78 is 47.4. The fourth-order valence-corrected chi connectivity index (χ4v) is 3.42. The molecule has 0 spiro atoms. The van der Waals surface area contributed by atoms with Crippen LogP contribution in [0.5, 0.6) is 11.5 Å². The van der Waals surface area contributed by atoms with E-state index in [1.807, 2.05) is 0 Å². The minimum atomic E-state index is -4.76. The number of carboxylic acid groups (broad SMARTS) is 1. The van der Waals surface area contributed by atoms with Crippen molar-refractivity contribution in [1.29, 1.82) is 0 Å². The van der Waals surface area contributed by atoms with Gasteiger partial charge in [0.05, 0.1) is 8.95 Å². The molecule has 0 aliphatic heterocycles. The van der Waals surface area contributed by atoms with Crippen LogP contribution >= 0.6 is 31.9 Å². The molecular formula is C17H11Br2F3O4. The van der Waals surface area contributed by atoms with Crippen molar-refractivity contribution in [2.45, 2.75) is 13.0 Å². The van der Waals surface area contributed by atoms with Gasteiger partial charge in [0, 0.05) is 6.08 Å². The van der Waals surface area contributed by atoms with Gasteiger partial charge in [-0.3, -0.25) is 0 Å². The summed E-state index contributed by atoms with van der Waals surface area (Å²) in [6.07, 6.45) is -2.34. The van der Waals surface area contributed by atoms with Crippen molar-refractivity contribution >= 4 is 43.9 Å². The van der Waals surface area contributed by atoms with Crippen LogP contribution in [0, 0.1) is 0 Å². The number of carbonyl (C=O) groups is 1. The fraction of sp³-hybridized carbons (Fsp3) is 0.118. The Kier molecular flexibility index (Phi) is 6.71. The molecule has 2 aromatic rings. The number of benzene rings is 2. The molecule has 138 valence electrons. The Morgan fingerprint density at radius 1 is 1.15 bits per heavy atom. The van der Waals surface area contributed by atoms with Crippen molar-refractivity contribution in [3.05, 3.63) is 62.5 Å². The van der Waals surface area contributed by atoms with Gasteiger partial charge in [0.15, 0.2) is 0 Å². The van der Waals surface area contributed by atoms with Gasteiger partial charge in [0.25, 0.3) is 0 Å². The molecule has 0 unspecified atom stereocenters. The first-order valence-electron chi connectivity index (χ1n) is 7.01. The van der Waals surface area contributed by atoms with Crippen molar-refractivity contribution in [3.8, 4) is 11.5 Å². The molecule has 0 fully saturated rings. The van der Waals surface area contributed by atoms with Gasteiger partial charge in [-0.15, -0.1) is 13.2 Å². The van der Waals surface area contributed by atoms with Crippen LogP contribution in [-0.2, 0) is 11.4 Å². The van der Waals surface area contributed by atoms with Crippen molar-refractivity contribution in [1.82, 2.24) is 0 Å². The van der Waals surface area contributed by atoms with Gasteiger partial charge in [0.1, 0.15) is 18.1 Å². The van der Waals surface area contributed by atoms with E-state index in [4.69, 9.17) is 9.84 Å². The van der Waals surface area contributed by atoms with Crippen LogP contribution in [0.2, 0.25) is 0 Å². The average Bonchev–Trinajstić information content (AvgIpc) is 2.51. The third-order valence-electron chi connectivity index (χ3n) is 2.95. The normalized spacial score (nSPS) is 11.6. The lowest BCUT2D eigenvalue weighted by molar-refractivity contribution is -0.274. The number of alkyl halides is 3. The molecule has 0 atom stereocenters. The minimum Gasteiger partial charge on any atom is -0.487 e. The lowest BCUT2D eigenvalue weighted by Crippen LogP contribution is -2.17. The highest BCUT2D eigenvalue weighted by Crippen LogP contribution is 2.36. The van der Waals surface area contributed by atoms with E-state index < -0.39 is 12.3 Å². The lowest BCUT2D eigenvalue weighted by atomic mass is 10.2. The third kappa shape index (κ3) is 6.38. The van der Waals surface area contributed by atoms with E-state index in [0.29, 0.717) is 25.8 Å². The van der Waals surface area contributed by atoms with Crippen LogP contribution in [0.1, 0.15) is 11.1 Å². The molecule has 0 heterocycles. The Bertz CT molecular complexity index is 812. The predicted octanol–water partition coefficient (Wildman–Crippen LogP) is 5.79. The number of ether oxygens (including phenoxy) is 2. The molecule has 2 aromatic carbocycles. The topological polar surface area (TPSA) is 55.8 Å². The van der Waals surface area contributed by atoms with Gasteiger partial charge in [-0.25, -0.2) is 4.79 Å². The molecule has 1 N–H and O–H groups in total. The monoisotopic (exact) mass is 494 g/mol. The van der Waals surface area contributed by atoms with E-state index in [9.17, 15) is 18.0 Å². The average molecular weight is 496 g/mol. The molecule has 9 heteroatoms. The van der Waals surface area contributed by atoms with E-state index in [0.717, 1.165) is 6.08 Å². The number of carboxylic acids is 1. The summed E-state index contributed by atoms with van der Waals surface area (Å²) in [6, 6.07) is 8.79. The smallest absolute Gasteiger partial charge is 0.487 e. The van der Waals surface area contributed by atoms with E-state index in [1.54, 1.807) is 18.2 Å². The molecule has 0 amide bonds. The third-order valence-corrected chi connectivity index (χ3v) is 4.13. The van der Waals surface area contributed by atoms with Crippen LogP contribution in [0.3, 0.4) is 0 Å². The number of hydrogen-bond acceptors (Lipinski definition) is 3. The van der Waals surface area contributed by atoms with Crippen molar-refractivity contribution in [3.63, 3.8) is 0 Å². The maximum absolute atomic E-state index is 12.3. The molecule has 2 rings (SSSR count). The summed E-state index contributed by atoms with van der Waals surface area (Å²) in [4.78, 5) is 10.6. The lowest BCUT2D eigenvalue weighted by Gasteiger charge is -2.13. The summed E-state index contributed by atoms with van der Waals surface area (Å²) >= 11 is 6.65. The van der Waals surface area contributed by atoms with E-state index >= 15 is 0 Å². The first kappa shape index (κ1) is 20.3. The Hall–Kier alpha value is -2.00. The summed E-state index contributed by atoms with van der Waals surface area (Å²) in [5, 5.41) is 8.66. The first-order chi connectivity index (χ1) is 12.1. The molecule has 4 nitrogen and oxygen atoms in total. The Morgan fingerprint density at radius 2 is 1.81 bits per heavy atom. The zero-order valence-corrected chi connectivity index (χ0v) is 16.1. The van der Waals surface area contributed by atoms with Gasteiger partial charge >= 0.3 is 12.3 Å². The second-order valence-corrected chi connectivity index (χ2v) is 6.68. The number of aliphatic carboxylic acids is 1. The summed E-state index contributed by atoms with van der Waals surface area (Å²) in [6.45, 7) is 0.0105. The van der Waals surface area contributed by atoms with Gasteiger partial charge in [0.2, 0.25) is 0 Å². The maximum atomic E-state index is 12.3. The zero-order valence-electron chi connectivity index (χ0n) is 12.9. The van der Waals surface area contributed by atoms with Crippen molar-refractivity contribution in [2.24, 2.45) is 0 Å². The van der Waals surface area contributed by atoms with Crippen molar-refractivity contribution < 1.29 is 32.5 Å². The molecule has 0 aliphatic carbocycles. The maximum Gasteiger partial charge on any atom is 0.573 e. The predicted molar refractivity (Wildman–Crippen MR) is 96.0 cm³/mol. The van der Waals surface area contributed by atoms with Crippen LogP contribution in [0.15, 0.2) is 51.4 Å². The van der Waals surface area contributed by atoms with Crippen LogP contribution in [0.25, 0.3) is 6.08 Å². The molecule has 0 bridgehead atoms. The number of halogens is 5. The van der Waals surface area contributed by atoms with E-state index in [2.05, 4.69) is 36.6 Å². The standard InChI is InChI=1S/C17H11Br2F3O4/c18-13-7-10(4-5-15(23)24)8-14(19)16(13)25-9-11-2-1-3-12(6-11)26-17(20,21)22/h1-8H,9H2,(H,23,24)/b5-4+. The zero-order chi connectivity index (χ0) is 19.3. The van der Waals surface area contributed by atoms with E-state index in [1.165, 1.54) is 24.3 Å². The van der Waals surface area contributed by atoms with Gasteiger partial charge in [-0.1, -0.05) is 12.1 Å². The Labute approximate surface area is 163 Å². The highest BCUT2D eigenvalue weighted by molar-refractivity contribution is 9.11. The molecule has 0 saturated carbocycles. The highest BCUT2D eigenvalue weighted by atomic mass is 79.9. The first-order valence-corrected chi connectivity index (χ1v) is 8.60. The van der Waals surface area contributed by atoms with Gasteiger partial charge in [-0.05, 0) is 73.3 Å². The second kappa shape index (κ2) is 8.59. The molecular weight excluding hydrogens is 485 g/mol. The van der Waals surface area contributed by atoms with Crippen LogP contribution < -0.4 is 9.47 Å². The minimum absolute atomic E-state index is 0.0105. The Balaban J connectivity index is 2.12. The largest absolute Gasteiger partial charge is 0.573 e. The summed E-state index contributed by atoms with van der Waals surface area (Å²) in [5.74, 6) is -0.968. The summed E-state index contributed by atoms with van der Waals surface area (Å²) in [7, 11) is 0. The second-order valence-electron chi connectivity index (χ2n) is 4.97. The number of rotatable bonds is 6. The van der Waals surface area contributed by atoms with Crippen molar-refractivity contribution in [2.75, 3.05) is 0 Å². The SMILES string of the molecule is O=C(O)/C=C/c1cc(Br)c(OCc2cccc(OC(F)(F)F)c2)c(Br)c1. The molecule has 0 aliphatic rings. The van der Waals surface area contributed by atoms with Crippen LogP contribution in [-0.4, -0.2) is 17.4 Å². The molecule has 0 aromatic heterocycles. The Morgan fingerprint density at radius 3 is 2.38 bits per heavy atom. The molecule has 0 radical (unpaired) electrons. The fourth-order valence-electron chi connectivity index (χ4n) is 1.97.